The number of aryl methyl sites for hydroxylation is 2. The lowest BCUT2D eigenvalue weighted by molar-refractivity contribution is 0.397. The number of methoxy groups -OCH3 is 1. The highest BCUT2D eigenvalue weighted by molar-refractivity contribution is 14.0. The van der Waals surface area contributed by atoms with Crippen LogP contribution < -0.4 is 15.4 Å². The van der Waals surface area contributed by atoms with Gasteiger partial charge in [-0.2, -0.15) is 0 Å². The fourth-order valence-electron chi connectivity index (χ4n) is 2.71. The van der Waals surface area contributed by atoms with Crippen LogP contribution >= 0.6 is 24.0 Å². The summed E-state index contributed by atoms with van der Waals surface area (Å²) in [4.78, 5) is 8.75. The van der Waals surface area contributed by atoms with E-state index < -0.39 is 0 Å². The molecule has 142 valence electrons. The Morgan fingerprint density at radius 2 is 1.81 bits per heavy atom. The summed E-state index contributed by atoms with van der Waals surface area (Å²) in [6.45, 7) is 8.59. The maximum absolute atomic E-state index is 5.15. The Balaban J connectivity index is 0.00000338. The summed E-state index contributed by atoms with van der Waals surface area (Å²) in [7, 11) is 1.62. The number of aliphatic imine (C=N–C) groups is 1. The van der Waals surface area contributed by atoms with Crippen LogP contribution in [-0.4, -0.2) is 31.1 Å². The van der Waals surface area contributed by atoms with E-state index in [-0.39, 0.29) is 24.0 Å². The Morgan fingerprint density at radius 1 is 1.08 bits per heavy atom. The Kier molecular flexibility index (Phi) is 10.0. The lowest BCUT2D eigenvalue weighted by Crippen LogP contribution is -2.38. The molecule has 0 aliphatic heterocycles. The van der Waals surface area contributed by atoms with Crippen molar-refractivity contribution in [1.82, 2.24) is 15.6 Å². The summed E-state index contributed by atoms with van der Waals surface area (Å²) in [5.74, 6) is 1.43. The predicted molar refractivity (Wildman–Crippen MR) is 119 cm³/mol. The number of ether oxygens (including phenoxy) is 1. The van der Waals surface area contributed by atoms with Crippen LogP contribution in [0.15, 0.2) is 41.5 Å². The topological polar surface area (TPSA) is 58.5 Å². The first-order valence-corrected chi connectivity index (χ1v) is 8.69. The van der Waals surface area contributed by atoms with Crippen LogP contribution in [0.4, 0.5) is 0 Å². The third kappa shape index (κ3) is 7.59. The molecule has 0 aliphatic rings. The normalized spacial score (nSPS) is 10.8. The molecule has 6 heteroatoms. The van der Waals surface area contributed by atoms with E-state index in [4.69, 9.17) is 4.74 Å². The van der Waals surface area contributed by atoms with Gasteiger partial charge in [0.1, 0.15) is 0 Å². The molecular formula is C20H29IN4O. The summed E-state index contributed by atoms with van der Waals surface area (Å²) < 4.78 is 5.15. The monoisotopic (exact) mass is 468 g/mol. The maximum atomic E-state index is 5.15. The zero-order valence-corrected chi connectivity index (χ0v) is 18.3. The number of pyridine rings is 1. The number of nitrogens with one attached hydrogen (secondary N) is 2. The number of hydrogen-bond acceptors (Lipinski definition) is 3. The van der Waals surface area contributed by atoms with Crippen LogP contribution in [0.25, 0.3) is 0 Å². The summed E-state index contributed by atoms with van der Waals surface area (Å²) in [6, 6.07) is 10.5. The van der Waals surface area contributed by atoms with Crippen molar-refractivity contribution in [2.75, 3.05) is 20.2 Å². The molecule has 0 spiro atoms. The van der Waals surface area contributed by atoms with Crippen molar-refractivity contribution in [2.45, 2.75) is 33.7 Å². The molecule has 0 aliphatic carbocycles. The molecule has 1 heterocycles. The number of rotatable bonds is 7. The van der Waals surface area contributed by atoms with Crippen molar-refractivity contribution >= 4 is 29.9 Å². The van der Waals surface area contributed by atoms with E-state index in [0.717, 1.165) is 31.0 Å². The lowest BCUT2D eigenvalue weighted by Gasteiger charge is -2.12. The van der Waals surface area contributed by atoms with Gasteiger partial charge in [0.05, 0.1) is 13.7 Å². The van der Waals surface area contributed by atoms with E-state index in [1.165, 1.54) is 16.7 Å². The zero-order chi connectivity index (χ0) is 18.1. The molecule has 1 aromatic carbocycles. The molecule has 0 saturated carbocycles. The van der Waals surface area contributed by atoms with E-state index in [1.807, 2.05) is 12.1 Å². The molecule has 0 unspecified atom stereocenters. The van der Waals surface area contributed by atoms with Crippen LogP contribution in [0.3, 0.4) is 0 Å². The number of aromatic nitrogens is 1. The number of guanidine groups is 1. The predicted octanol–water partition coefficient (Wildman–Crippen LogP) is 3.62. The molecule has 2 rings (SSSR count). The number of nitrogens with zero attached hydrogens (tertiary/aromatic N) is 2. The molecule has 0 atom stereocenters. The average molecular weight is 468 g/mol. The van der Waals surface area contributed by atoms with E-state index in [1.54, 1.807) is 13.3 Å². The van der Waals surface area contributed by atoms with E-state index in [2.05, 4.69) is 59.6 Å². The molecule has 0 radical (unpaired) electrons. The van der Waals surface area contributed by atoms with Gasteiger partial charge >= 0.3 is 0 Å². The second-order valence-corrected chi connectivity index (χ2v) is 6.07. The standard InChI is InChI=1S/C20H28N4O.HI/c1-5-21-20(24-14-18-7-8-22-19(13-18)25-4)23-9-6-17-11-15(2)10-16(3)12-17;/h7-8,10-13H,5-6,9,14H2,1-4H3,(H2,21,23,24);1H. The quantitative estimate of drug-likeness (QED) is 0.370. The molecule has 0 bridgehead atoms. The number of halogens is 1. The molecule has 2 aromatic rings. The van der Waals surface area contributed by atoms with Crippen molar-refractivity contribution in [2.24, 2.45) is 4.99 Å². The minimum absolute atomic E-state index is 0. The molecule has 1 aromatic heterocycles. The SMILES string of the molecule is CCNC(=NCc1ccnc(OC)c1)NCCc1cc(C)cc(C)c1.I. The van der Waals surface area contributed by atoms with Gasteiger partial charge in [0.25, 0.3) is 0 Å². The summed E-state index contributed by atoms with van der Waals surface area (Å²) in [5.41, 5.74) is 5.03. The minimum Gasteiger partial charge on any atom is -0.481 e. The first-order chi connectivity index (χ1) is 12.1. The zero-order valence-electron chi connectivity index (χ0n) is 16.0. The van der Waals surface area contributed by atoms with Crippen molar-refractivity contribution < 1.29 is 4.74 Å². The highest BCUT2D eigenvalue weighted by Gasteiger charge is 2.01. The van der Waals surface area contributed by atoms with E-state index in [9.17, 15) is 0 Å². The first-order valence-electron chi connectivity index (χ1n) is 8.69. The van der Waals surface area contributed by atoms with Gasteiger partial charge in [-0.05, 0) is 44.4 Å². The van der Waals surface area contributed by atoms with Crippen LogP contribution in [0, 0.1) is 13.8 Å². The van der Waals surface area contributed by atoms with Gasteiger partial charge in [-0.15, -0.1) is 24.0 Å². The molecule has 5 nitrogen and oxygen atoms in total. The summed E-state index contributed by atoms with van der Waals surface area (Å²) in [6.07, 6.45) is 2.71. The van der Waals surface area contributed by atoms with Gasteiger partial charge in [0.2, 0.25) is 5.88 Å². The Morgan fingerprint density at radius 3 is 2.46 bits per heavy atom. The average Bonchev–Trinajstić information content (AvgIpc) is 2.59. The van der Waals surface area contributed by atoms with Crippen LogP contribution in [0.1, 0.15) is 29.2 Å². The van der Waals surface area contributed by atoms with Crippen LogP contribution in [0.5, 0.6) is 5.88 Å². The number of hydrogen-bond donors (Lipinski definition) is 2. The van der Waals surface area contributed by atoms with Crippen LogP contribution in [-0.2, 0) is 13.0 Å². The van der Waals surface area contributed by atoms with Gasteiger partial charge in [-0.1, -0.05) is 29.3 Å². The highest BCUT2D eigenvalue weighted by Crippen LogP contribution is 2.10. The second-order valence-electron chi connectivity index (χ2n) is 6.07. The molecule has 0 fully saturated rings. The Labute approximate surface area is 173 Å². The van der Waals surface area contributed by atoms with Crippen molar-refractivity contribution in [1.29, 1.82) is 0 Å². The van der Waals surface area contributed by atoms with E-state index >= 15 is 0 Å². The van der Waals surface area contributed by atoms with Crippen molar-refractivity contribution in [3.8, 4) is 5.88 Å². The molecule has 26 heavy (non-hydrogen) atoms. The maximum Gasteiger partial charge on any atom is 0.213 e. The second kappa shape index (κ2) is 11.7. The molecule has 0 amide bonds. The third-order valence-corrected chi connectivity index (χ3v) is 3.76. The summed E-state index contributed by atoms with van der Waals surface area (Å²) in [5, 5.41) is 6.68. The third-order valence-electron chi connectivity index (χ3n) is 3.76. The van der Waals surface area contributed by atoms with Crippen molar-refractivity contribution in [3.05, 3.63) is 58.8 Å². The number of benzene rings is 1. The van der Waals surface area contributed by atoms with Crippen LogP contribution in [0.2, 0.25) is 0 Å². The fourth-order valence-corrected chi connectivity index (χ4v) is 2.71. The minimum atomic E-state index is 0. The van der Waals surface area contributed by atoms with Gasteiger partial charge in [-0.3, -0.25) is 0 Å². The van der Waals surface area contributed by atoms with Gasteiger partial charge in [0, 0.05) is 25.4 Å². The Hall–Kier alpha value is -1.83. The largest absolute Gasteiger partial charge is 0.481 e. The summed E-state index contributed by atoms with van der Waals surface area (Å²) >= 11 is 0. The van der Waals surface area contributed by atoms with Gasteiger partial charge in [0.15, 0.2) is 5.96 Å². The fraction of sp³-hybridized carbons (Fsp3) is 0.400. The Bertz CT molecular complexity index is 698. The van der Waals surface area contributed by atoms with E-state index in [0.29, 0.717) is 12.4 Å². The molecule has 2 N–H and O–H groups in total. The van der Waals surface area contributed by atoms with Gasteiger partial charge < -0.3 is 15.4 Å². The smallest absolute Gasteiger partial charge is 0.213 e. The molecule has 0 saturated heterocycles. The highest BCUT2D eigenvalue weighted by atomic mass is 127. The van der Waals surface area contributed by atoms with Crippen molar-refractivity contribution in [3.63, 3.8) is 0 Å². The lowest BCUT2D eigenvalue weighted by atomic mass is 10.1. The first kappa shape index (κ1) is 22.2. The molecular weight excluding hydrogens is 439 g/mol. The van der Waals surface area contributed by atoms with Gasteiger partial charge in [-0.25, -0.2) is 9.98 Å².